The summed E-state index contributed by atoms with van der Waals surface area (Å²) in [5, 5.41) is 1.23. The van der Waals surface area contributed by atoms with E-state index >= 15 is 0 Å². The summed E-state index contributed by atoms with van der Waals surface area (Å²) in [6.07, 6.45) is 1.31. The average molecular weight is 249 g/mol. The molecule has 0 bridgehead atoms. The Hall–Kier alpha value is -0.890. The van der Waals surface area contributed by atoms with Gasteiger partial charge in [0.25, 0.3) is 0 Å². The second kappa shape index (κ2) is 6.75. The minimum Gasteiger partial charge on any atom is -0.241 e. The van der Waals surface area contributed by atoms with E-state index in [2.05, 4.69) is 57.8 Å². The molecule has 94 valence electrons. The Morgan fingerprint density at radius 3 is 2.18 bits per heavy atom. The van der Waals surface area contributed by atoms with Crippen molar-refractivity contribution in [3.05, 3.63) is 29.3 Å². The van der Waals surface area contributed by atoms with Crippen LogP contribution in [0.15, 0.2) is 24.3 Å². The van der Waals surface area contributed by atoms with Crippen LogP contribution in [0.4, 0.5) is 0 Å². The number of para-hydroxylation sites is 1. The van der Waals surface area contributed by atoms with Gasteiger partial charge < -0.3 is 0 Å². The minimum atomic E-state index is 0.544. The fourth-order valence-corrected chi connectivity index (χ4v) is 2.11. The first-order chi connectivity index (χ1) is 8.04. The Balaban J connectivity index is 0.000000249. The predicted octanol–water partition coefficient (Wildman–Crippen LogP) is 5.47. The molecular formula is C15H23NS. The predicted molar refractivity (Wildman–Crippen MR) is 78.8 cm³/mol. The Morgan fingerprint density at radius 1 is 1.12 bits per heavy atom. The Labute approximate surface area is 109 Å². The molecule has 0 atom stereocenters. The number of fused-ring (bicyclic) bond motifs is 1. The number of rotatable bonds is 2. The van der Waals surface area contributed by atoms with E-state index in [1.165, 1.54) is 16.1 Å². The Kier molecular flexibility index (Phi) is 5.63. The zero-order valence-electron chi connectivity index (χ0n) is 11.5. The maximum Gasteiger partial charge on any atom is 0.0963 e. The van der Waals surface area contributed by atoms with Gasteiger partial charge in [-0.3, -0.25) is 0 Å². The van der Waals surface area contributed by atoms with Gasteiger partial charge >= 0.3 is 0 Å². The van der Waals surface area contributed by atoms with Gasteiger partial charge in [0, 0.05) is 5.92 Å². The molecule has 0 unspecified atom stereocenters. The van der Waals surface area contributed by atoms with E-state index in [-0.39, 0.29) is 0 Å². The normalized spacial score (nSPS) is 10.8. The van der Waals surface area contributed by atoms with Crippen LogP contribution in [0.3, 0.4) is 0 Å². The molecule has 0 radical (unpaired) electrons. The monoisotopic (exact) mass is 249 g/mol. The van der Waals surface area contributed by atoms with E-state index in [1.54, 1.807) is 11.3 Å². The SMILES string of the molecule is CC(C)c1nc2ccccc2s1.CCC(C)C. The molecular weight excluding hydrogens is 226 g/mol. The first-order valence-electron chi connectivity index (χ1n) is 6.40. The average Bonchev–Trinajstić information content (AvgIpc) is 2.73. The van der Waals surface area contributed by atoms with Gasteiger partial charge in [-0.25, -0.2) is 4.98 Å². The van der Waals surface area contributed by atoms with Crippen molar-refractivity contribution in [3.8, 4) is 0 Å². The molecule has 0 aliphatic rings. The van der Waals surface area contributed by atoms with Crippen LogP contribution in [0.2, 0.25) is 0 Å². The summed E-state index contributed by atoms with van der Waals surface area (Å²) >= 11 is 1.79. The number of aromatic nitrogens is 1. The third-order valence-corrected chi connectivity index (χ3v) is 3.96. The third-order valence-electron chi connectivity index (χ3n) is 2.62. The lowest BCUT2D eigenvalue weighted by Gasteiger charge is -1.94. The van der Waals surface area contributed by atoms with Gasteiger partial charge in [-0.15, -0.1) is 11.3 Å². The first-order valence-corrected chi connectivity index (χ1v) is 7.21. The van der Waals surface area contributed by atoms with Gasteiger partial charge in [0.05, 0.1) is 15.2 Å². The zero-order chi connectivity index (χ0) is 12.8. The van der Waals surface area contributed by atoms with E-state index in [1.807, 2.05) is 6.07 Å². The number of thiazole rings is 1. The maximum atomic E-state index is 4.53. The molecule has 0 saturated heterocycles. The van der Waals surface area contributed by atoms with E-state index in [9.17, 15) is 0 Å². The van der Waals surface area contributed by atoms with Crippen molar-refractivity contribution in [1.29, 1.82) is 0 Å². The van der Waals surface area contributed by atoms with Crippen molar-refractivity contribution in [1.82, 2.24) is 4.98 Å². The van der Waals surface area contributed by atoms with Crippen molar-refractivity contribution in [3.63, 3.8) is 0 Å². The van der Waals surface area contributed by atoms with Crippen LogP contribution in [-0.4, -0.2) is 4.98 Å². The van der Waals surface area contributed by atoms with E-state index < -0.39 is 0 Å². The van der Waals surface area contributed by atoms with Gasteiger partial charge in [-0.2, -0.15) is 0 Å². The molecule has 0 aliphatic heterocycles. The summed E-state index contributed by atoms with van der Waals surface area (Å²) in [7, 11) is 0. The highest BCUT2D eigenvalue weighted by Crippen LogP contribution is 2.26. The van der Waals surface area contributed by atoms with Crippen LogP contribution >= 0.6 is 11.3 Å². The summed E-state index contributed by atoms with van der Waals surface area (Å²) in [6, 6.07) is 8.29. The first kappa shape index (κ1) is 14.2. The van der Waals surface area contributed by atoms with Crippen LogP contribution in [0.5, 0.6) is 0 Å². The highest BCUT2D eigenvalue weighted by Gasteiger charge is 2.05. The Morgan fingerprint density at radius 2 is 1.71 bits per heavy atom. The van der Waals surface area contributed by atoms with E-state index in [0.717, 1.165) is 11.4 Å². The van der Waals surface area contributed by atoms with E-state index in [0.29, 0.717) is 5.92 Å². The molecule has 0 spiro atoms. The zero-order valence-corrected chi connectivity index (χ0v) is 12.3. The molecule has 0 N–H and O–H groups in total. The number of hydrogen-bond acceptors (Lipinski definition) is 2. The van der Waals surface area contributed by atoms with Crippen LogP contribution in [0, 0.1) is 5.92 Å². The van der Waals surface area contributed by atoms with Gasteiger partial charge in [-0.1, -0.05) is 53.2 Å². The highest BCUT2D eigenvalue weighted by molar-refractivity contribution is 7.18. The summed E-state index contributed by atoms with van der Waals surface area (Å²) < 4.78 is 1.29. The number of hydrogen-bond donors (Lipinski definition) is 0. The molecule has 1 aromatic heterocycles. The second-order valence-corrected chi connectivity index (χ2v) is 6.04. The van der Waals surface area contributed by atoms with Gasteiger partial charge in [-0.05, 0) is 18.1 Å². The lowest BCUT2D eigenvalue weighted by atomic mass is 10.2. The smallest absolute Gasteiger partial charge is 0.0963 e. The molecule has 0 amide bonds. The maximum absolute atomic E-state index is 4.53. The molecule has 1 nitrogen and oxygen atoms in total. The van der Waals surface area contributed by atoms with Gasteiger partial charge in [0.15, 0.2) is 0 Å². The minimum absolute atomic E-state index is 0.544. The summed E-state index contributed by atoms with van der Waals surface area (Å²) in [5.74, 6) is 1.43. The number of benzene rings is 1. The van der Waals surface area contributed by atoms with Crippen molar-refractivity contribution < 1.29 is 0 Å². The molecule has 1 aromatic carbocycles. The largest absolute Gasteiger partial charge is 0.241 e. The molecule has 0 fully saturated rings. The lowest BCUT2D eigenvalue weighted by molar-refractivity contribution is 0.626. The molecule has 2 rings (SSSR count). The highest BCUT2D eigenvalue weighted by atomic mass is 32.1. The van der Waals surface area contributed by atoms with Crippen LogP contribution in [0.1, 0.15) is 52.0 Å². The second-order valence-electron chi connectivity index (χ2n) is 4.98. The van der Waals surface area contributed by atoms with Gasteiger partial charge in [0.1, 0.15) is 0 Å². The quantitative estimate of drug-likeness (QED) is 0.687. The molecule has 0 saturated carbocycles. The summed E-state index contributed by atoms with van der Waals surface area (Å²) in [5.41, 5.74) is 1.13. The third kappa shape index (κ3) is 4.47. The standard InChI is InChI=1S/C10H11NS.C5H12/c1-7(2)10-11-8-5-3-4-6-9(8)12-10;1-4-5(2)3/h3-7H,1-2H3;5H,4H2,1-3H3. The lowest BCUT2D eigenvalue weighted by Crippen LogP contribution is -1.82. The van der Waals surface area contributed by atoms with Crippen molar-refractivity contribution >= 4 is 21.6 Å². The molecule has 17 heavy (non-hydrogen) atoms. The molecule has 1 heterocycles. The molecule has 0 aliphatic carbocycles. The van der Waals surface area contributed by atoms with Crippen LogP contribution in [-0.2, 0) is 0 Å². The van der Waals surface area contributed by atoms with Crippen molar-refractivity contribution in [2.75, 3.05) is 0 Å². The Bertz CT molecular complexity index is 410. The summed E-state index contributed by atoms with van der Waals surface area (Å²) in [6.45, 7) is 11.0. The van der Waals surface area contributed by atoms with Crippen LogP contribution in [0.25, 0.3) is 10.2 Å². The van der Waals surface area contributed by atoms with Gasteiger partial charge in [0.2, 0.25) is 0 Å². The van der Waals surface area contributed by atoms with E-state index in [4.69, 9.17) is 0 Å². The fourth-order valence-electron chi connectivity index (χ4n) is 1.14. The number of nitrogens with zero attached hydrogens (tertiary/aromatic N) is 1. The topological polar surface area (TPSA) is 12.9 Å². The fraction of sp³-hybridized carbons (Fsp3) is 0.533. The van der Waals surface area contributed by atoms with Crippen molar-refractivity contribution in [2.45, 2.75) is 47.0 Å². The molecule has 2 aromatic rings. The molecule has 2 heteroatoms. The summed E-state index contributed by atoms with van der Waals surface area (Å²) in [4.78, 5) is 4.53. The van der Waals surface area contributed by atoms with Crippen molar-refractivity contribution in [2.24, 2.45) is 5.92 Å². The van der Waals surface area contributed by atoms with Crippen LogP contribution < -0.4 is 0 Å².